The minimum atomic E-state index is -4.54. The van der Waals surface area contributed by atoms with E-state index in [2.05, 4.69) is 15.5 Å². The maximum absolute atomic E-state index is 12.3. The molecule has 0 saturated carbocycles. The first kappa shape index (κ1) is 16.2. The van der Waals surface area contributed by atoms with Crippen LogP contribution in [-0.2, 0) is 25.8 Å². The monoisotopic (exact) mass is 313 g/mol. The molecule has 0 atom stereocenters. The molecule has 0 aliphatic carbocycles. The van der Waals surface area contributed by atoms with Crippen LogP contribution in [-0.4, -0.2) is 26.9 Å². The minimum Gasteiger partial charge on any atom is -0.333 e. The molecule has 0 aromatic heterocycles. The lowest BCUT2D eigenvalue weighted by Crippen LogP contribution is -2.18. The van der Waals surface area contributed by atoms with E-state index in [1.165, 1.54) is 0 Å². The van der Waals surface area contributed by atoms with Gasteiger partial charge in [-0.3, -0.25) is 4.89 Å². The average Bonchev–Trinajstić information content (AvgIpc) is 2.34. The second kappa shape index (κ2) is 6.09. The summed E-state index contributed by atoms with van der Waals surface area (Å²) in [7, 11) is -3.84. The number of nitrogens with two attached hydrogens (primary N) is 1. The number of carbonyl (C=O) groups excluding carboxylic acids is 1. The van der Waals surface area contributed by atoms with Crippen LogP contribution in [0.25, 0.3) is 0 Å². The van der Waals surface area contributed by atoms with Gasteiger partial charge in [0.15, 0.2) is 9.84 Å². The zero-order chi connectivity index (χ0) is 15.4. The Hall–Kier alpha value is -1.81. The first-order valence-corrected chi connectivity index (χ1v) is 6.77. The van der Waals surface area contributed by atoms with Crippen LogP contribution >= 0.6 is 0 Å². The Balaban J connectivity index is 2.71. The Bertz CT molecular complexity index is 568. The fourth-order valence-corrected chi connectivity index (χ4v) is 2.29. The first-order chi connectivity index (χ1) is 9.13. The molecule has 6 nitrogen and oxygen atoms in total. The van der Waals surface area contributed by atoms with E-state index >= 15 is 0 Å². The third-order valence-corrected chi connectivity index (χ3v) is 3.81. The van der Waals surface area contributed by atoms with Gasteiger partial charge in [0.2, 0.25) is 0 Å². The molecule has 10 heteroatoms. The topological polar surface area (TPSA) is 95.7 Å². The van der Waals surface area contributed by atoms with E-state index < -0.39 is 40.0 Å². The molecule has 1 rings (SSSR count). The van der Waals surface area contributed by atoms with Crippen molar-refractivity contribution >= 4 is 15.9 Å². The van der Waals surface area contributed by atoms with Gasteiger partial charge < -0.3 is 5.73 Å². The largest absolute Gasteiger partial charge is 0.436 e. The Kier molecular flexibility index (Phi) is 4.95. The number of sulfone groups is 1. The lowest BCUT2D eigenvalue weighted by Gasteiger charge is -2.08. The van der Waals surface area contributed by atoms with E-state index in [1.807, 2.05) is 0 Å². The third kappa shape index (κ3) is 4.70. The number of primary amides is 1. The fraction of sp³-hybridized carbons (Fsp3) is 0.300. The molecule has 0 aliphatic rings. The number of halogens is 3. The van der Waals surface area contributed by atoms with Crippen molar-refractivity contribution < 1.29 is 36.2 Å². The van der Waals surface area contributed by atoms with Gasteiger partial charge in [-0.05, 0) is 24.3 Å². The zero-order valence-corrected chi connectivity index (χ0v) is 10.7. The molecule has 0 aliphatic heterocycles. The summed E-state index contributed by atoms with van der Waals surface area (Å²) in [5.74, 6) is -0.578. The van der Waals surface area contributed by atoms with Crippen LogP contribution in [0.5, 0.6) is 0 Å². The Labute approximate surface area is 112 Å². The molecule has 0 fully saturated rings. The predicted octanol–water partition coefficient (Wildman–Crippen LogP) is 1.51. The highest BCUT2D eigenvalue weighted by Crippen LogP contribution is 2.29. The number of carbonyl (C=O) groups is 1. The molecule has 0 unspecified atom stereocenters. The lowest BCUT2D eigenvalue weighted by molar-refractivity contribution is -0.231. The van der Waals surface area contributed by atoms with Crippen molar-refractivity contribution in [1.29, 1.82) is 0 Å². The van der Waals surface area contributed by atoms with Crippen molar-refractivity contribution in [3.8, 4) is 0 Å². The van der Waals surface area contributed by atoms with Crippen molar-refractivity contribution in [2.75, 3.05) is 12.4 Å². The van der Waals surface area contributed by atoms with Gasteiger partial charge >= 0.3 is 12.3 Å². The van der Waals surface area contributed by atoms with E-state index in [-0.39, 0.29) is 4.90 Å². The highest BCUT2D eigenvalue weighted by molar-refractivity contribution is 7.91. The molecular formula is C10H10F3NO5S. The Morgan fingerprint density at radius 2 is 1.75 bits per heavy atom. The van der Waals surface area contributed by atoms with Gasteiger partial charge in [0, 0.05) is 0 Å². The van der Waals surface area contributed by atoms with Crippen LogP contribution in [0.15, 0.2) is 29.2 Å². The van der Waals surface area contributed by atoms with Crippen molar-refractivity contribution in [1.82, 2.24) is 0 Å². The van der Waals surface area contributed by atoms with E-state index in [4.69, 9.17) is 0 Å². The van der Waals surface area contributed by atoms with Crippen LogP contribution in [0.1, 0.15) is 5.56 Å². The van der Waals surface area contributed by atoms with Gasteiger partial charge in [-0.25, -0.2) is 13.2 Å². The van der Waals surface area contributed by atoms with Crippen LogP contribution in [0, 0.1) is 0 Å². The van der Waals surface area contributed by atoms with E-state index in [1.54, 1.807) is 0 Å². The second-order valence-corrected chi connectivity index (χ2v) is 5.67. The second-order valence-electron chi connectivity index (χ2n) is 3.57. The summed E-state index contributed by atoms with van der Waals surface area (Å²) in [6.07, 6.45) is -5.78. The minimum absolute atomic E-state index is 0.298. The summed E-state index contributed by atoms with van der Waals surface area (Å²) in [6.45, 7) is -0.494. The molecule has 20 heavy (non-hydrogen) atoms. The van der Waals surface area contributed by atoms with Crippen LogP contribution in [0.3, 0.4) is 0 Å². The molecule has 2 N–H and O–H groups in total. The lowest BCUT2D eigenvalue weighted by atomic mass is 10.2. The van der Waals surface area contributed by atoms with Crippen LogP contribution in [0.2, 0.25) is 0 Å². The molecular weight excluding hydrogens is 303 g/mol. The predicted molar refractivity (Wildman–Crippen MR) is 60.1 cm³/mol. The molecule has 1 amide bonds. The van der Waals surface area contributed by atoms with Crippen molar-refractivity contribution in [3.63, 3.8) is 0 Å². The number of hydrogen-bond donors (Lipinski definition) is 1. The first-order valence-electron chi connectivity index (χ1n) is 5.12. The number of hydrogen-bond acceptors (Lipinski definition) is 5. The van der Waals surface area contributed by atoms with Crippen molar-refractivity contribution in [2.45, 2.75) is 11.1 Å². The quantitative estimate of drug-likeness (QED) is 0.505. The van der Waals surface area contributed by atoms with Gasteiger partial charge in [-0.15, -0.1) is 0 Å². The van der Waals surface area contributed by atoms with Crippen molar-refractivity contribution in [3.05, 3.63) is 29.8 Å². The zero-order valence-electron chi connectivity index (χ0n) is 9.88. The van der Waals surface area contributed by atoms with Gasteiger partial charge in [-0.2, -0.15) is 18.1 Å². The van der Waals surface area contributed by atoms with E-state index in [9.17, 15) is 26.4 Å². The summed E-state index contributed by atoms with van der Waals surface area (Å²) in [5.41, 5.74) is 3.61. The van der Waals surface area contributed by atoms with Crippen LogP contribution in [0.4, 0.5) is 18.0 Å². The van der Waals surface area contributed by atoms with E-state index in [0.29, 0.717) is 12.1 Å². The van der Waals surface area contributed by atoms with Gasteiger partial charge in [0.05, 0.1) is 16.2 Å². The molecule has 0 radical (unpaired) electrons. The standard InChI is InChI=1S/C10H10F3NO5S/c11-10(12,13)7-1-3-8(4-2-7)20(16,17)6-5-18-19-9(14)15/h1-4H,5-6H2,(H2,14,15). The number of alkyl halides is 3. The summed E-state index contributed by atoms with van der Waals surface area (Å²) in [5, 5.41) is 0. The Morgan fingerprint density at radius 1 is 1.20 bits per heavy atom. The molecule has 0 heterocycles. The smallest absolute Gasteiger partial charge is 0.333 e. The number of rotatable bonds is 5. The third-order valence-electron chi connectivity index (χ3n) is 2.12. The summed E-state index contributed by atoms with van der Waals surface area (Å²) >= 11 is 0. The summed E-state index contributed by atoms with van der Waals surface area (Å²) < 4.78 is 60.3. The number of benzene rings is 1. The number of amides is 1. The Morgan fingerprint density at radius 3 is 2.20 bits per heavy atom. The molecule has 0 bridgehead atoms. The highest BCUT2D eigenvalue weighted by Gasteiger charge is 2.30. The molecule has 1 aromatic carbocycles. The molecule has 112 valence electrons. The summed E-state index contributed by atoms with van der Waals surface area (Å²) in [4.78, 5) is 17.9. The molecule has 1 aromatic rings. The molecule has 0 saturated heterocycles. The van der Waals surface area contributed by atoms with Gasteiger partial charge in [-0.1, -0.05) is 0 Å². The maximum Gasteiger partial charge on any atom is 0.436 e. The maximum atomic E-state index is 12.3. The SMILES string of the molecule is NC(=O)OOCCS(=O)(=O)c1ccc(C(F)(F)F)cc1. The fourth-order valence-electron chi connectivity index (χ4n) is 1.21. The van der Waals surface area contributed by atoms with Gasteiger partial charge in [0.1, 0.15) is 6.61 Å². The average molecular weight is 313 g/mol. The summed E-state index contributed by atoms with van der Waals surface area (Å²) in [6, 6.07) is 3.00. The van der Waals surface area contributed by atoms with Gasteiger partial charge in [0.25, 0.3) is 0 Å². The highest BCUT2D eigenvalue weighted by atomic mass is 32.2. The van der Waals surface area contributed by atoms with E-state index in [0.717, 1.165) is 12.1 Å². The van der Waals surface area contributed by atoms with Crippen LogP contribution < -0.4 is 5.73 Å². The molecule has 0 spiro atoms. The van der Waals surface area contributed by atoms with Crippen molar-refractivity contribution in [2.24, 2.45) is 5.73 Å². The normalized spacial score (nSPS) is 12.2.